The van der Waals surface area contributed by atoms with Crippen LogP contribution in [0.25, 0.3) is 11.1 Å². The van der Waals surface area contributed by atoms with E-state index >= 15 is 0 Å². The van der Waals surface area contributed by atoms with Gasteiger partial charge in [-0.25, -0.2) is 15.0 Å². The Morgan fingerprint density at radius 1 is 1.04 bits per heavy atom. The highest BCUT2D eigenvalue weighted by Crippen LogP contribution is 2.35. The quantitative estimate of drug-likeness (QED) is 0.772. The van der Waals surface area contributed by atoms with Crippen molar-refractivity contribution in [2.45, 2.75) is 39.5 Å². The Labute approximate surface area is 154 Å². The van der Waals surface area contributed by atoms with Crippen molar-refractivity contribution in [1.29, 1.82) is 0 Å². The van der Waals surface area contributed by atoms with E-state index in [-0.39, 0.29) is 0 Å². The molecule has 1 saturated heterocycles. The molecule has 4 rings (SSSR count). The Hall–Kier alpha value is -2.69. The molecule has 1 aliphatic rings. The second-order valence-electron chi connectivity index (χ2n) is 7.18. The van der Waals surface area contributed by atoms with Gasteiger partial charge >= 0.3 is 0 Å². The van der Waals surface area contributed by atoms with Gasteiger partial charge in [-0.05, 0) is 50.3 Å². The molecule has 0 bridgehead atoms. The van der Waals surface area contributed by atoms with Gasteiger partial charge in [0.05, 0.1) is 12.0 Å². The first-order valence-electron chi connectivity index (χ1n) is 9.26. The van der Waals surface area contributed by atoms with Crippen LogP contribution in [-0.2, 0) is 0 Å². The highest BCUT2D eigenvalue weighted by atomic mass is 15.2. The monoisotopic (exact) mass is 347 g/mol. The van der Waals surface area contributed by atoms with Crippen LogP contribution in [0.4, 0.5) is 5.82 Å². The normalized spacial score (nSPS) is 15.4. The number of hydrogen-bond donors (Lipinski definition) is 1. The second kappa shape index (κ2) is 6.90. The number of aromatic amines is 1. The van der Waals surface area contributed by atoms with Gasteiger partial charge in [-0.3, -0.25) is 0 Å². The first kappa shape index (κ1) is 16.8. The Balaban J connectivity index is 1.60. The summed E-state index contributed by atoms with van der Waals surface area (Å²) >= 11 is 0. The number of piperidine rings is 1. The molecule has 5 nitrogen and oxygen atoms in total. The van der Waals surface area contributed by atoms with Crippen LogP contribution in [0.1, 0.15) is 41.3 Å². The number of hydrogen-bond acceptors (Lipinski definition) is 4. The number of nitrogens with one attached hydrogen (secondary N) is 1. The zero-order chi connectivity index (χ0) is 18.1. The molecule has 0 aliphatic carbocycles. The van der Waals surface area contributed by atoms with E-state index in [1.165, 1.54) is 28.1 Å². The van der Waals surface area contributed by atoms with Gasteiger partial charge in [0, 0.05) is 36.5 Å². The lowest BCUT2D eigenvalue weighted by atomic mass is 9.92. The van der Waals surface area contributed by atoms with Crippen LogP contribution in [-0.4, -0.2) is 33.0 Å². The molecule has 1 N–H and O–H groups in total. The van der Waals surface area contributed by atoms with Crippen molar-refractivity contribution in [3.8, 4) is 11.1 Å². The molecule has 1 aliphatic heterocycles. The number of anilines is 1. The molecule has 2 aromatic heterocycles. The van der Waals surface area contributed by atoms with Crippen molar-refractivity contribution in [3.05, 3.63) is 59.6 Å². The lowest BCUT2D eigenvalue weighted by Crippen LogP contribution is -2.34. The van der Waals surface area contributed by atoms with E-state index in [9.17, 15) is 0 Å². The van der Waals surface area contributed by atoms with Crippen LogP contribution in [0.5, 0.6) is 0 Å². The van der Waals surface area contributed by atoms with Crippen molar-refractivity contribution >= 4 is 5.82 Å². The zero-order valence-corrected chi connectivity index (χ0v) is 15.7. The third-order valence-corrected chi connectivity index (χ3v) is 5.64. The molecule has 0 radical (unpaired) electrons. The number of benzene rings is 1. The maximum absolute atomic E-state index is 4.65. The standard InChI is InChI=1S/C21H25N5/c1-14-5-4-6-18(15(14)2)19-11-22-12-25-21(19)26-9-7-17(8-10-26)20-16(3)23-13-24-20/h4-6,11-13,17H,7-10H2,1-3H3,(H,23,24). The maximum Gasteiger partial charge on any atom is 0.139 e. The summed E-state index contributed by atoms with van der Waals surface area (Å²) in [6, 6.07) is 6.44. The van der Waals surface area contributed by atoms with Crippen molar-refractivity contribution in [2.24, 2.45) is 0 Å². The van der Waals surface area contributed by atoms with Crippen LogP contribution in [0.15, 0.2) is 37.1 Å². The smallest absolute Gasteiger partial charge is 0.139 e. The van der Waals surface area contributed by atoms with Crippen LogP contribution in [0, 0.1) is 20.8 Å². The van der Waals surface area contributed by atoms with Crippen molar-refractivity contribution < 1.29 is 0 Å². The van der Waals surface area contributed by atoms with Gasteiger partial charge in [-0.1, -0.05) is 18.2 Å². The topological polar surface area (TPSA) is 57.7 Å². The van der Waals surface area contributed by atoms with E-state index in [0.717, 1.165) is 37.3 Å². The third-order valence-electron chi connectivity index (χ3n) is 5.64. The van der Waals surface area contributed by atoms with Gasteiger partial charge in [0.15, 0.2) is 0 Å². The molecule has 1 aromatic carbocycles. The van der Waals surface area contributed by atoms with Gasteiger partial charge in [0.25, 0.3) is 0 Å². The summed E-state index contributed by atoms with van der Waals surface area (Å²) in [4.78, 5) is 19.1. The van der Waals surface area contributed by atoms with Crippen LogP contribution >= 0.6 is 0 Å². The third kappa shape index (κ3) is 2.98. The highest BCUT2D eigenvalue weighted by Gasteiger charge is 2.25. The summed E-state index contributed by atoms with van der Waals surface area (Å²) < 4.78 is 0. The van der Waals surface area contributed by atoms with Crippen LogP contribution in [0.3, 0.4) is 0 Å². The van der Waals surface area contributed by atoms with E-state index in [1.54, 1.807) is 12.7 Å². The van der Waals surface area contributed by atoms with E-state index in [0.29, 0.717) is 5.92 Å². The molecule has 3 aromatic rings. The molecule has 134 valence electrons. The molecule has 0 amide bonds. The average Bonchev–Trinajstić information content (AvgIpc) is 3.10. The first-order valence-corrected chi connectivity index (χ1v) is 9.26. The number of aryl methyl sites for hydroxylation is 2. The van der Waals surface area contributed by atoms with Gasteiger partial charge in [0.1, 0.15) is 12.1 Å². The molecule has 0 atom stereocenters. The largest absolute Gasteiger partial charge is 0.356 e. The maximum atomic E-state index is 4.65. The van der Waals surface area contributed by atoms with Crippen LogP contribution in [0.2, 0.25) is 0 Å². The minimum absolute atomic E-state index is 0.531. The number of rotatable bonds is 3. The molecule has 0 saturated carbocycles. The number of nitrogens with zero attached hydrogens (tertiary/aromatic N) is 4. The predicted molar refractivity (Wildman–Crippen MR) is 104 cm³/mol. The molecule has 0 unspecified atom stereocenters. The number of H-pyrrole nitrogens is 1. The van der Waals surface area contributed by atoms with Crippen molar-refractivity contribution in [3.63, 3.8) is 0 Å². The van der Waals surface area contributed by atoms with Crippen molar-refractivity contribution in [2.75, 3.05) is 18.0 Å². The summed E-state index contributed by atoms with van der Waals surface area (Å²) in [5.41, 5.74) is 7.37. The number of aromatic nitrogens is 4. The fourth-order valence-electron chi connectivity index (χ4n) is 3.95. The van der Waals surface area contributed by atoms with E-state index < -0.39 is 0 Å². The Kier molecular flexibility index (Phi) is 4.45. The summed E-state index contributed by atoms with van der Waals surface area (Å²) in [5, 5.41) is 0. The molecule has 5 heteroatoms. The van der Waals surface area contributed by atoms with Gasteiger partial charge in [-0.15, -0.1) is 0 Å². The van der Waals surface area contributed by atoms with Gasteiger partial charge in [-0.2, -0.15) is 0 Å². The molecule has 0 spiro atoms. The molecule has 3 heterocycles. The summed E-state index contributed by atoms with van der Waals surface area (Å²) in [7, 11) is 0. The molecule has 26 heavy (non-hydrogen) atoms. The Bertz CT molecular complexity index is 906. The minimum Gasteiger partial charge on any atom is -0.356 e. The lowest BCUT2D eigenvalue weighted by Gasteiger charge is -2.33. The fraction of sp³-hybridized carbons (Fsp3) is 0.381. The van der Waals surface area contributed by atoms with Gasteiger partial charge < -0.3 is 9.88 Å². The zero-order valence-electron chi connectivity index (χ0n) is 15.7. The predicted octanol–water partition coefficient (Wildman–Crippen LogP) is 4.18. The molecule has 1 fully saturated rings. The Morgan fingerprint density at radius 3 is 2.58 bits per heavy atom. The summed E-state index contributed by atoms with van der Waals surface area (Å²) in [5.74, 6) is 1.58. The number of imidazole rings is 1. The highest BCUT2D eigenvalue weighted by molar-refractivity contribution is 5.78. The fourth-order valence-corrected chi connectivity index (χ4v) is 3.95. The van der Waals surface area contributed by atoms with Crippen molar-refractivity contribution in [1.82, 2.24) is 19.9 Å². The van der Waals surface area contributed by atoms with E-state index in [1.807, 2.05) is 6.20 Å². The molecular weight excluding hydrogens is 322 g/mol. The lowest BCUT2D eigenvalue weighted by molar-refractivity contribution is 0.493. The average molecular weight is 347 g/mol. The minimum atomic E-state index is 0.531. The SMILES string of the molecule is Cc1cccc(-c2cncnc2N2CCC(c3nc[nH]c3C)CC2)c1C. The molecular formula is C21H25N5. The van der Waals surface area contributed by atoms with E-state index in [4.69, 9.17) is 0 Å². The Morgan fingerprint density at radius 2 is 1.85 bits per heavy atom. The summed E-state index contributed by atoms with van der Waals surface area (Å²) in [6.07, 6.45) is 7.62. The summed E-state index contributed by atoms with van der Waals surface area (Å²) in [6.45, 7) is 8.42. The van der Waals surface area contributed by atoms with E-state index in [2.05, 4.69) is 63.8 Å². The van der Waals surface area contributed by atoms with Gasteiger partial charge in [0.2, 0.25) is 0 Å². The second-order valence-corrected chi connectivity index (χ2v) is 7.18. The van der Waals surface area contributed by atoms with Crippen LogP contribution < -0.4 is 4.90 Å². The first-order chi connectivity index (χ1) is 12.6.